The van der Waals surface area contributed by atoms with Crippen molar-refractivity contribution in [3.8, 4) is 0 Å². The first kappa shape index (κ1) is 12.8. The van der Waals surface area contributed by atoms with Gasteiger partial charge in [-0.15, -0.1) is 0 Å². The number of amides is 1. The number of rotatable bonds is 3. The first-order valence-corrected chi connectivity index (χ1v) is 6.21. The molecule has 18 heavy (non-hydrogen) atoms. The SMILES string of the molecule is Cn1ccc(C(=O)NCC2CCCC2O)cc1=O. The van der Waals surface area contributed by atoms with Gasteiger partial charge in [0.25, 0.3) is 11.5 Å². The fourth-order valence-corrected chi connectivity index (χ4v) is 2.27. The summed E-state index contributed by atoms with van der Waals surface area (Å²) in [6.07, 6.45) is 4.02. The third-order valence-electron chi connectivity index (χ3n) is 3.51. The second-order valence-corrected chi connectivity index (χ2v) is 4.83. The predicted molar refractivity (Wildman–Crippen MR) is 67.4 cm³/mol. The Morgan fingerprint density at radius 1 is 1.56 bits per heavy atom. The van der Waals surface area contributed by atoms with Gasteiger partial charge in [-0.1, -0.05) is 6.42 Å². The summed E-state index contributed by atoms with van der Waals surface area (Å²) >= 11 is 0. The Kier molecular flexibility index (Phi) is 3.81. The zero-order chi connectivity index (χ0) is 13.1. The Hall–Kier alpha value is -1.62. The average molecular weight is 250 g/mol. The van der Waals surface area contributed by atoms with Gasteiger partial charge in [0.2, 0.25) is 0 Å². The van der Waals surface area contributed by atoms with E-state index in [2.05, 4.69) is 5.32 Å². The molecule has 1 fully saturated rings. The van der Waals surface area contributed by atoms with E-state index in [4.69, 9.17) is 0 Å². The molecule has 0 radical (unpaired) electrons. The van der Waals surface area contributed by atoms with Gasteiger partial charge in [-0.05, 0) is 18.9 Å². The average Bonchev–Trinajstić information content (AvgIpc) is 2.75. The lowest BCUT2D eigenvalue weighted by atomic mass is 10.1. The van der Waals surface area contributed by atoms with Gasteiger partial charge in [0.05, 0.1) is 6.10 Å². The number of nitrogens with one attached hydrogen (secondary N) is 1. The van der Waals surface area contributed by atoms with Crippen molar-refractivity contribution < 1.29 is 9.90 Å². The minimum Gasteiger partial charge on any atom is -0.393 e. The molecule has 1 aliphatic carbocycles. The number of nitrogens with zero attached hydrogens (tertiary/aromatic N) is 1. The molecule has 1 aromatic heterocycles. The van der Waals surface area contributed by atoms with Crippen molar-refractivity contribution in [1.29, 1.82) is 0 Å². The Morgan fingerprint density at radius 2 is 2.33 bits per heavy atom. The molecular formula is C13H18N2O3. The summed E-state index contributed by atoms with van der Waals surface area (Å²) in [6.45, 7) is 0.467. The number of aliphatic hydroxyl groups is 1. The Morgan fingerprint density at radius 3 is 2.94 bits per heavy atom. The standard InChI is InChI=1S/C13H18N2O3/c1-15-6-5-9(7-12(15)17)13(18)14-8-10-3-2-4-11(10)16/h5-7,10-11,16H,2-4,8H2,1H3,(H,14,18). The van der Waals surface area contributed by atoms with Crippen LogP contribution in [-0.4, -0.2) is 28.2 Å². The molecule has 1 heterocycles. The summed E-state index contributed by atoms with van der Waals surface area (Å²) in [5.74, 6) is -0.118. The van der Waals surface area contributed by atoms with Crippen LogP contribution in [0.15, 0.2) is 23.1 Å². The Balaban J connectivity index is 1.95. The lowest BCUT2D eigenvalue weighted by Gasteiger charge is -2.15. The van der Waals surface area contributed by atoms with E-state index in [1.165, 1.54) is 10.6 Å². The molecule has 2 N–H and O–H groups in total. The monoisotopic (exact) mass is 250 g/mol. The zero-order valence-corrected chi connectivity index (χ0v) is 10.4. The van der Waals surface area contributed by atoms with Gasteiger partial charge in [-0.3, -0.25) is 9.59 Å². The maximum Gasteiger partial charge on any atom is 0.251 e. The topological polar surface area (TPSA) is 71.3 Å². The van der Waals surface area contributed by atoms with Crippen LogP contribution in [0.1, 0.15) is 29.6 Å². The predicted octanol–water partition coefficient (Wildman–Crippen LogP) is 0.276. The van der Waals surface area contributed by atoms with E-state index in [-0.39, 0.29) is 23.5 Å². The number of carbonyl (C=O) groups excluding carboxylic acids is 1. The third-order valence-corrected chi connectivity index (χ3v) is 3.51. The molecule has 2 rings (SSSR count). The van der Waals surface area contributed by atoms with Gasteiger partial charge in [-0.25, -0.2) is 0 Å². The van der Waals surface area contributed by atoms with Gasteiger partial charge in [-0.2, -0.15) is 0 Å². The van der Waals surface area contributed by atoms with E-state index in [0.717, 1.165) is 19.3 Å². The summed E-state index contributed by atoms with van der Waals surface area (Å²) in [6, 6.07) is 2.93. The molecule has 0 aromatic carbocycles. The largest absolute Gasteiger partial charge is 0.393 e. The van der Waals surface area contributed by atoms with Crippen molar-refractivity contribution in [2.24, 2.45) is 13.0 Å². The zero-order valence-electron chi connectivity index (χ0n) is 10.4. The molecule has 1 amide bonds. The molecule has 2 atom stereocenters. The van der Waals surface area contributed by atoms with Crippen molar-refractivity contribution in [3.05, 3.63) is 34.2 Å². The molecule has 1 aromatic rings. The van der Waals surface area contributed by atoms with Crippen molar-refractivity contribution >= 4 is 5.91 Å². The van der Waals surface area contributed by atoms with Crippen LogP contribution in [0.3, 0.4) is 0 Å². The molecule has 0 aliphatic heterocycles. The van der Waals surface area contributed by atoms with E-state index in [9.17, 15) is 14.7 Å². The first-order valence-electron chi connectivity index (χ1n) is 6.21. The second kappa shape index (κ2) is 5.35. The number of pyridine rings is 1. The van der Waals surface area contributed by atoms with Crippen LogP contribution in [0.25, 0.3) is 0 Å². The molecule has 5 heteroatoms. The van der Waals surface area contributed by atoms with Crippen molar-refractivity contribution in [3.63, 3.8) is 0 Å². The molecule has 0 bridgehead atoms. The molecule has 1 saturated carbocycles. The molecule has 5 nitrogen and oxygen atoms in total. The summed E-state index contributed by atoms with van der Waals surface area (Å²) in [4.78, 5) is 23.2. The molecule has 2 unspecified atom stereocenters. The summed E-state index contributed by atoms with van der Waals surface area (Å²) in [5.41, 5.74) is 0.161. The number of hydrogen-bond donors (Lipinski definition) is 2. The van der Waals surface area contributed by atoms with E-state index in [1.54, 1.807) is 19.3 Å². The molecule has 0 saturated heterocycles. The quantitative estimate of drug-likeness (QED) is 0.809. The normalized spacial score (nSPS) is 23.0. The molecule has 1 aliphatic rings. The fourth-order valence-electron chi connectivity index (χ4n) is 2.27. The minimum atomic E-state index is -0.311. The maximum absolute atomic E-state index is 11.8. The van der Waals surface area contributed by atoms with Gasteiger partial charge < -0.3 is 15.0 Å². The van der Waals surface area contributed by atoms with Gasteiger partial charge in [0.1, 0.15) is 0 Å². The van der Waals surface area contributed by atoms with E-state index >= 15 is 0 Å². The van der Waals surface area contributed by atoms with Crippen LogP contribution >= 0.6 is 0 Å². The van der Waals surface area contributed by atoms with Gasteiger partial charge in [0.15, 0.2) is 0 Å². The van der Waals surface area contributed by atoms with Crippen LogP contribution in [-0.2, 0) is 7.05 Å². The Labute approximate surface area is 105 Å². The molecular weight excluding hydrogens is 232 g/mol. The van der Waals surface area contributed by atoms with E-state index < -0.39 is 0 Å². The minimum absolute atomic E-state index is 0.139. The second-order valence-electron chi connectivity index (χ2n) is 4.83. The lowest BCUT2D eigenvalue weighted by Crippen LogP contribution is -2.33. The summed E-state index contributed by atoms with van der Waals surface area (Å²) < 4.78 is 1.41. The molecule has 0 spiro atoms. The number of carbonyl (C=O) groups is 1. The van der Waals surface area contributed by atoms with Crippen LogP contribution in [0.4, 0.5) is 0 Å². The van der Waals surface area contributed by atoms with Crippen molar-refractivity contribution in [2.75, 3.05) is 6.54 Å². The van der Waals surface area contributed by atoms with Gasteiger partial charge >= 0.3 is 0 Å². The highest BCUT2D eigenvalue weighted by Crippen LogP contribution is 2.24. The van der Waals surface area contributed by atoms with Gasteiger partial charge in [0, 0.05) is 37.3 Å². The number of hydrogen-bond acceptors (Lipinski definition) is 3. The highest BCUT2D eigenvalue weighted by molar-refractivity contribution is 5.93. The Bertz CT molecular complexity index is 495. The highest BCUT2D eigenvalue weighted by Gasteiger charge is 2.25. The maximum atomic E-state index is 11.8. The lowest BCUT2D eigenvalue weighted by molar-refractivity contribution is 0.0916. The van der Waals surface area contributed by atoms with Crippen LogP contribution in [0.2, 0.25) is 0 Å². The highest BCUT2D eigenvalue weighted by atomic mass is 16.3. The van der Waals surface area contributed by atoms with Crippen LogP contribution in [0.5, 0.6) is 0 Å². The van der Waals surface area contributed by atoms with Crippen molar-refractivity contribution in [1.82, 2.24) is 9.88 Å². The van der Waals surface area contributed by atoms with Crippen LogP contribution < -0.4 is 10.9 Å². The number of aliphatic hydroxyl groups excluding tert-OH is 1. The third kappa shape index (κ3) is 2.79. The smallest absolute Gasteiger partial charge is 0.251 e. The molecule has 98 valence electrons. The van der Waals surface area contributed by atoms with Crippen LogP contribution in [0, 0.1) is 5.92 Å². The fraction of sp³-hybridized carbons (Fsp3) is 0.538. The summed E-state index contributed by atoms with van der Waals surface area (Å²) in [7, 11) is 1.64. The first-order chi connectivity index (χ1) is 8.58. The van der Waals surface area contributed by atoms with E-state index in [1.807, 2.05) is 0 Å². The number of aryl methyl sites for hydroxylation is 1. The van der Waals surface area contributed by atoms with Crippen molar-refractivity contribution in [2.45, 2.75) is 25.4 Å². The van der Waals surface area contributed by atoms with E-state index in [0.29, 0.717) is 12.1 Å². The summed E-state index contributed by atoms with van der Waals surface area (Å²) in [5, 5.41) is 12.4. The number of aromatic nitrogens is 1.